The highest BCUT2D eigenvalue weighted by atomic mass is 16.6. The van der Waals surface area contributed by atoms with Gasteiger partial charge in [0.15, 0.2) is 6.23 Å². The number of nitrogens with zero attached hydrogens (tertiary/aromatic N) is 1. The zero-order valence-electron chi connectivity index (χ0n) is 14.6. The highest BCUT2D eigenvalue weighted by Gasteiger charge is 2.59. The second kappa shape index (κ2) is 7.77. The molecule has 6 heteroatoms. The largest absolute Gasteiger partial charge is 0.462 e. The summed E-state index contributed by atoms with van der Waals surface area (Å²) in [5, 5.41) is 0. The van der Waals surface area contributed by atoms with Crippen molar-refractivity contribution in [2.45, 2.75) is 58.3 Å². The van der Waals surface area contributed by atoms with Gasteiger partial charge >= 0.3 is 0 Å². The number of hydrogen-bond acceptors (Lipinski definition) is 5. The standard InChI is InChI=1S/C13H15NO3.C5H10O2/c1-9(12-13-14(12)11(15)8-17-13)16-7-10-5-3-2-4-6-10;1-5(2,3)7-4-6/h2-6,9,12-13H,7-8H2,1H3;4H,1-3H3/t9-,12?,13?,14?;/m1./s1. The molecule has 0 radical (unpaired) electrons. The van der Waals surface area contributed by atoms with Crippen LogP contribution < -0.4 is 0 Å². The third kappa shape index (κ3) is 5.04. The van der Waals surface area contributed by atoms with Gasteiger partial charge in [-0.3, -0.25) is 9.59 Å². The molecule has 2 unspecified atom stereocenters. The highest BCUT2D eigenvalue weighted by Crippen LogP contribution is 2.37. The maximum absolute atomic E-state index is 11.4. The van der Waals surface area contributed by atoms with Crippen LogP contribution in [0.25, 0.3) is 0 Å². The van der Waals surface area contributed by atoms with E-state index in [2.05, 4.69) is 4.74 Å². The van der Waals surface area contributed by atoms with Gasteiger partial charge in [0, 0.05) is 0 Å². The van der Waals surface area contributed by atoms with Crippen molar-refractivity contribution in [1.82, 2.24) is 4.90 Å². The molecule has 3 rings (SSSR count). The lowest BCUT2D eigenvalue weighted by molar-refractivity contribution is -0.138. The molecule has 6 nitrogen and oxygen atoms in total. The Morgan fingerprint density at radius 3 is 2.46 bits per heavy atom. The lowest BCUT2D eigenvalue weighted by atomic mass is 10.2. The number of ether oxygens (including phenoxy) is 3. The minimum atomic E-state index is -0.318. The Hall–Kier alpha value is -1.92. The summed E-state index contributed by atoms with van der Waals surface area (Å²) < 4.78 is 15.6. The fourth-order valence-electron chi connectivity index (χ4n) is 2.45. The molecule has 2 aliphatic rings. The summed E-state index contributed by atoms with van der Waals surface area (Å²) in [6.45, 7) is 8.71. The first kappa shape index (κ1) is 18.4. The van der Waals surface area contributed by atoms with Crippen molar-refractivity contribution in [2.24, 2.45) is 0 Å². The SMILES string of the molecule is CC(C)(C)OC=O.C[C@@H](OCc1ccccc1)C1C2OCC(=O)N21. The third-order valence-corrected chi connectivity index (χ3v) is 3.70. The molecule has 2 saturated heterocycles. The summed E-state index contributed by atoms with van der Waals surface area (Å²) >= 11 is 0. The quantitative estimate of drug-likeness (QED) is 0.609. The smallest absolute Gasteiger partial charge is 0.293 e. The number of benzene rings is 1. The Morgan fingerprint density at radius 1 is 1.33 bits per heavy atom. The molecule has 132 valence electrons. The lowest BCUT2D eigenvalue weighted by Gasteiger charge is -2.14. The second-order valence-corrected chi connectivity index (χ2v) is 6.82. The van der Waals surface area contributed by atoms with Crippen LogP contribution in [0, 0.1) is 0 Å². The van der Waals surface area contributed by atoms with E-state index in [1.54, 1.807) is 4.90 Å². The first-order valence-electron chi connectivity index (χ1n) is 8.03. The molecule has 0 N–H and O–H groups in total. The van der Waals surface area contributed by atoms with E-state index in [-0.39, 0.29) is 36.5 Å². The topological polar surface area (TPSA) is 64.8 Å². The summed E-state index contributed by atoms with van der Waals surface area (Å²) in [6, 6.07) is 10.1. The van der Waals surface area contributed by atoms with E-state index < -0.39 is 0 Å². The Bertz CT molecular complexity index is 554. The molecular weight excluding hydrogens is 310 g/mol. The molecule has 0 saturated carbocycles. The number of hydrogen-bond donors (Lipinski definition) is 0. The van der Waals surface area contributed by atoms with Crippen LogP contribution in [0.15, 0.2) is 30.3 Å². The van der Waals surface area contributed by atoms with E-state index in [0.717, 1.165) is 5.56 Å². The Balaban J connectivity index is 0.000000256. The number of carbonyl (C=O) groups is 2. The van der Waals surface area contributed by atoms with Gasteiger partial charge in [0.25, 0.3) is 12.4 Å². The second-order valence-electron chi connectivity index (χ2n) is 6.82. The van der Waals surface area contributed by atoms with Crippen molar-refractivity contribution < 1.29 is 23.8 Å². The molecule has 2 aliphatic heterocycles. The molecule has 0 bridgehead atoms. The summed E-state index contributed by atoms with van der Waals surface area (Å²) in [4.78, 5) is 22.7. The fraction of sp³-hybridized carbons (Fsp3) is 0.556. The maximum atomic E-state index is 11.4. The number of morpholine rings is 1. The van der Waals surface area contributed by atoms with Crippen LogP contribution in [-0.4, -0.2) is 47.9 Å². The third-order valence-electron chi connectivity index (χ3n) is 3.70. The zero-order chi connectivity index (χ0) is 17.7. The molecule has 24 heavy (non-hydrogen) atoms. The minimum absolute atomic E-state index is 0.0180. The summed E-state index contributed by atoms with van der Waals surface area (Å²) in [7, 11) is 0. The summed E-state index contributed by atoms with van der Waals surface area (Å²) in [6.07, 6.45) is -0.0160. The predicted octanol–water partition coefficient (Wildman–Crippen LogP) is 2.12. The van der Waals surface area contributed by atoms with Crippen LogP contribution in [0.4, 0.5) is 0 Å². The first-order valence-corrected chi connectivity index (χ1v) is 8.03. The Labute approximate surface area is 142 Å². The van der Waals surface area contributed by atoms with E-state index in [1.807, 2.05) is 58.0 Å². The van der Waals surface area contributed by atoms with Gasteiger partial charge in [-0.1, -0.05) is 30.3 Å². The maximum Gasteiger partial charge on any atom is 0.293 e. The van der Waals surface area contributed by atoms with Crippen molar-refractivity contribution in [3.8, 4) is 0 Å². The minimum Gasteiger partial charge on any atom is -0.462 e. The average Bonchev–Trinajstić information content (AvgIpc) is 3.14. The fourth-order valence-corrected chi connectivity index (χ4v) is 2.45. The van der Waals surface area contributed by atoms with Crippen LogP contribution >= 0.6 is 0 Å². The number of carbonyl (C=O) groups excluding carboxylic acids is 2. The van der Waals surface area contributed by atoms with Crippen molar-refractivity contribution >= 4 is 12.4 Å². The molecule has 2 heterocycles. The number of rotatable bonds is 5. The Kier molecular flexibility index (Phi) is 5.96. The van der Waals surface area contributed by atoms with Crippen molar-refractivity contribution in [3.05, 3.63) is 35.9 Å². The highest BCUT2D eigenvalue weighted by molar-refractivity contribution is 5.83. The number of amides is 1. The molecule has 1 amide bonds. The first-order chi connectivity index (χ1) is 11.3. The van der Waals surface area contributed by atoms with Crippen LogP contribution in [0.1, 0.15) is 33.3 Å². The summed E-state index contributed by atoms with van der Waals surface area (Å²) in [5.41, 5.74) is 0.828. The van der Waals surface area contributed by atoms with Crippen molar-refractivity contribution in [3.63, 3.8) is 0 Å². The van der Waals surface area contributed by atoms with Crippen LogP contribution in [0.3, 0.4) is 0 Å². The van der Waals surface area contributed by atoms with Gasteiger partial charge in [0.2, 0.25) is 0 Å². The van der Waals surface area contributed by atoms with Gasteiger partial charge in [-0.25, -0.2) is 0 Å². The molecule has 1 aromatic rings. The summed E-state index contributed by atoms with van der Waals surface area (Å²) in [5.74, 6) is 0.0789. The molecule has 2 fully saturated rings. The monoisotopic (exact) mass is 335 g/mol. The van der Waals surface area contributed by atoms with Crippen LogP contribution in [-0.2, 0) is 30.4 Å². The van der Waals surface area contributed by atoms with Gasteiger partial charge in [-0.15, -0.1) is 0 Å². The van der Waals surface area contributed by atoms with E-state index in [9.17, 15) is 9.59 Å². The van der Waals surface area contributed by atoms with E-state index in [0.29, 0.717) is 13.1 Å². The van der Waals surface area contributed by atoms with Gasteiger partial charge in [-0.2, -0.15) is 0 Å². The van der Waals surface area contributed by atoms with Gasteiger partial charge in [0.05, 0.1) is 12.7 Å². The van der Waals surface area contributed by atoms with E-state index in [4.69, 9.17) is 9.47 Å². The molecule has 0 spiro atoms. The Morgan fingerprint density at radius 2 is 2.00 bits per heavy atom. The van der Waals surface area contributed by atoms with Gasteiger partial charge in [0.1, 0.15) is 18.2 Å². The van der Waals surface area contributed by atoms with E-state index in [1.165, 1.54) is 0 Å². The molecule has 3 atom stereocenters. The predicted molar refractivity (Wildman–Crippen MR) is 88.0 cm³/mol. The van der Waals surface area contributed by atoms with Gasteiger partial charge < -0.3 is 19.1 Å². The van der Waals surface area contributed by atoms with Gasteiger partial charge in [-0.05, 0) is 33.3 Å². The lowest BCUT2D eigenvalue weighted by Crippen LogP contribution is -2.26. The molecule has 0 aliphatic carbocycles. The van der Waals surface area contributed by atoms with E-state index >= 15 is 0 Å². The molecular formula is C18H25NO5. The molecule has 0 aromatic heterocycles. The van der Waals surface area contributed by atoms with Crippen LogP contribution in [0.2, 0.25) is 0 Å². The molecule has 1 aromatic carbocycles. The number of fused-ring (bicyclic) bond motifs is 1. The van der Waals surface area contributed by atoms with Crippen LogP contribution in [0.5, 0.6) is 0 Å². The average molecular weight is 335 g/mol. The van der Waals surface area contributed by atoms with Crippen molar-refractivity contribution in [2.75, 3.05) is 6.61 Å². The normalized spacial score (nSPS) is 23.0. The zero-order valence-corrected chi connectivity index (χ0v) is 14.6. The van der Waals surface area contributed by atoms with Crippen molar-refractivity contribution in [1.29, 1.82) is 0 Å².